The Morgan fingerprint density at radius 2 is 2.09 bits per heavy atom. The fourth-order valence-electron chi connectivity index (χ4n) is 3.16. The lowest BCUT2D eigenvalue weighted by Crippen LogP contribution is -2.44. The van der Waals surface area contributed by atoms with Crippen molar-refractivity contribution in [1.29, 1.82) is 0 Å². The number of aryl methyl sites for hydroxylation is 2. The Kier molecular flexibility index (Phi) is 4.66. The first-order valence-corrected chi connectivity index (χ1v) is 8.32. The van der Waals surface area contributed by atoms with Crippen LogP contribution in [0.3, 0.4) is 0 Å². The van der Waals surface area contributed by atoms with Crippen molar-refractivity contribution in [2.45, 2.75) is 51.0 Å². The summed E-state index contributed by atoms with van der Waals surface area (Å²) >= 11 is 6.14. The maximum absolute atomic E-state index is 12.4. The molecule has 1 heterocycles. The molecule has 1 N–H and O–H groups in total. The maximum Gasteiger partial charge on any atom is 0.223 e. The molecular weight excluding hydrogens is 314 g/mol. The van der Waals surface area contributed by atoms with Gasteiger partial charge in [0.25, 0.3) is 0 Å². The first-order chi connectivity index (χ1) is 11.1. The van der Waals surface area contributed by atoms with E-state index >= 15 is 0 Å². The van der Waals surface area contributed by atoms with Gasteiger partial charge in [0.15, 0.2) is 5.82 Å². The van der Waals surface area contributed by atoms with E-state index in [9.17, 15) is 4.79 Å². The monoisotopic (exact) mass is 333 g/mol. The van der Waals surface area contributed by atoms with Gasteiger partial charge in [-0.25, -0.2) is 0 Å². The van der Waals surface area contributed by atoms with E-state index in [1.54, 1.807) is 6.92 Å². The number of halogens is 1. The van der Waals surface area contributed by atoms with E-state index in [2.05, 4.69) is 15.5 Å². The average Bonchev–Trinajstić information content (AvgIpc) is 3.16. The van der Waals surface area contributed by atoms with Gasteiger partial charge in [0.05, 0.1) is 0 Å². The standard InChI is InChI=1S/C17H20ClN3O2/c1-12-19-16(21-23-12)17(10-4-5-11-17)20-15(22)9-8-13-6-2-3-7-14(13)18/h2-3,6-7H,4-5,8-11H2,1H3,(H,20,22). The van der Waals surface area contributed by atoms with Crippen LogP contribution in [-0.2, 0) is 16.8 Å². The highest BCUT2D eigenvalue weighted by Gasteiger charge is 2.41. The molecule has 0 unspecified atom stereocenters. The highest BCUT2D eigenvalue weighted by molar-refractivity contribution is 6.31. The third-order valence-corrected chi connectivity index (χ3v) is 4.74. The number of hydrogen-bond acceptors (Lipinski definition) is 4. The van der Waals surface area contributed by atoms with Crippen molar-refractivity contribution in [3.63, 3.8) is 0 Å². The molecule has 0 radical (unpaired) electrons. The Balaban J connectivity index is 1.66. The normalized spacial score (nSPS) is 16.4. The third kappa shape index (κ3) is 3.55. The van der Waals surface area contributed by atoms with Gasteiger partial charge in [-0.05, 0) is 30.9 Å². The van der Waals surface area contributed by atoms with Crippen molar-refractivity contribution < 1.29 is 9.32 Å². The highest BCUT2D eigenvalue weighted by atomic mass is 35.5. The Labute approximate surface area is 140 Å². The van der Waals surface area contributed by atoms with Crippen molar-refractivity contribution >= 4 is 17.5 Å². The number of nitrogens with one attached hydrogen (secondary N) is 1. The van der Waals surface area contributed by atoms with Gasteiger partial charge < -0.3 is 9.84 Å². The maximum atomic E-state index is 12.4. The predicted molar refractivity (Wildman–Crippen MR) is 87.1 cm³/mol. The summed E-state index contributed by atoms with van der Waals surface area (Å²) in [5.74, 6) is 1.12. The lowest BCUT2D eigenvalue weighted by atomic mass is 9.96. The van der Waals surface area contributed by atoms with Crippen LogP contribution in [0.1, 0.15) is 49.4 Å². The first-order valence-electron chi connectivity index (χ1n) is 7.94. The largest absolute Gasteiger partial charge is 0.343 e. The molecule has 1 aliphatic rings. The fourth-order valence-corrected chi connectivity index (χ4v) is 3.39. The van der Waals surface area contributed by atoms with Crippen molar-refractivity contribution in [2.75, 3.05) is 0 Å². The zero-order valence-electron chi connectivity index (χ0n) is 13.1. The number of hydrogen-bond donors (Lipinski definition) is 1. The van der Waals surface area contributed by atoms with Gasteiger partial charge in [-0.2, -0.15) is 4.98 Å². The molecule has 0 bridgehead atoms. The van der Waals surface area contributed by atoms with E-state index in [1.165, 1.54) is 0 Å². The Hall–Kier alpha value is -1.88. The van der Waals surface area contributed by atoms with Gasteiger partial charge in [0, 0.05) is 18.4 Å². The molecule has 122 valence electrons. The molecule has 0 aliphatic heterocycles. The molecule has 2 aromatic rings. The SMILES string of the molecule is Cc1nc(C2(NC(=O)CCc3ccccc3Cl)CCCC2)no1. The second-order valence-corrected chi connectivity index (χ2v) is 6.47. The molecule has 0 saturated heterocycles. The van der Waals surface area contributed by atoms with Crippen LogP contribution >= 0.6 is 11.6 Å². The van der Waals surface area contributed by atoms with E-state index < -0.39 is 5.54 Å². The molecule has 1 aromatic carbocycles. The van der Waals surface area contributed by atoms with Gasteiger partial charge in [0.1, 0.15) is 5.54 Å². The molecule has 6 heteroatoms. The van der Waals surface area contributed by atoms with Crippen LogP contribution in [0.5, 0.6) is 0 Å². The minimum Gasteiger partial charge on any atom is -0.343 e. The van der Waals surface area contributed by atoms with Gasteiger partial charge in [-0.15, -0.1) is 0 Å². The summed E-state index contributed by atoms with van der Waals surface area (Å²) in [6, 6.07) is 7.61. The van der Waals surface area contributed by atoms with E-state index in [4.69, 9.17) is 16.1 Å². The lowest BCUT2D eigenvalue weighted by molar-refractivity contribution is -0.123. The molecule has 0 atom stereocenters. The summed E-state index contributed by atoms with van der Waals surface area (Å²) in [6.07, 6.45) is 4.82. The number of carbonyl (C=O) groups excluding carboxylic acids is 1. The topological polar surface area (TPSA) is 68.0 Å². The second-order valence-electron chi connectivity index (χ2n) is 6.07. The predicted octanol–water partition coefficient (Wildman–Crippen LogP) is 3.55. The van der Waals surface area contributed by atoms with Crippen LogP contribution in [0, 0.1) is 6.92 Å². The van der Waals surface area contributed by atoms with Crippen LogP contribution in [0.15, 0.2) is 28.8 Å². The molecule has 1 fully saturated rings. The van der Waals surface area contributed by atoms with E-state index in [-0.39, 0.29) is 5.91 Å². The summed E-state index contributed by atoms with van der Waals surface area (Å²) in [7, 11) is 0. The van der Waals surface area contributed by atoms with Crippen LogP contribution in [0.2, 0.25) is 5.02 Å². The van der Waals surface area contributed by atoms with Crippen LogP contribution in [0.4, 0.5) is 0 Å². The van der Waals surface area contributed by atoms with Crippen LogP contribution in [-0.4, -0.2) is 16.0 Å². The van der Waals surface area contributed by atoms with Gasteiger partial charge in [-0.3, -0.25) is 4.79 Å². The lowest BCUT2D eigenvalue weighted by Gasteiger charge is -2.26. The molecular formula is C17H20ClN3O2. The van der Waals surface area contributed by atoms with E-state index in [0.29, 0.717) is 29.6 Å². The van der Waals surface area contributed by atoms with Gasteiger partial charge in [0.2, 0.25) is 11.8 Å². The number of rotatable bonds is 5. The van der Waals surface area contributed by atoms with Gasteiger partial charge >= 0.3 is 0 Å². The summed E-state index contributed by atoms with van der Waals surface area (Å²) in [5, 5.41) is 7.88. The van der Waals surface area contributed by atoms with Crippen molar-refractivity contribution in [3.05, 3.63) is 46.6 Å². The fraction of sp³-hybridized carbons (Fsp3) is 0.471. The molecule has 0 spiro atoms. The number of benzene rings is 1. The summed E-state index contributed by atoms with van der Waals surface area (Å²) in [5.41, 5.74) is 0.509. The van der Waals surface area contributed by atoms with Crippen molar-refractivity contribution in [2.24, 2.45) is 0 Å². The molecule has 1 saturated carbocycles. The molecule has 5 nitrogen and oxygen atoms in total. The number of nitrogens with zero attached hydrogens (tertiary/aromatic N) is 2. The van der Waals surface area contributed by atoms with Crippen molar-refractivity contribution in [1.82, 2.24) is 15.5 Å². The summed E-state index contributed by atoms with van der Waals surface area (Å²) in [6.45, 7) is 1.76. The minimum atomic E-state index is -0.477. The van der Waals surface area contributed by atoms with E-state index in [1.807, 2.05) is 24.3 Å². The summed E-state index contributed by atoms with van der Waals surface area (Å²) in [4.78, 5) is 16.8. The number of aromatic nitrogens is 2. The molecule has 1 aliphatic carbocycles. The second kappa shape index (κ2) is 6.71. The number of carbonyl (C=O) groups is 1. The number of amides is 1. The van der Waals surface area contributed by atoms with Crippen LogP contribution in [0.25, 0.3) is 0 Å². The molecule has 1 aromatic heterocycles. The molecule has 23 heavy (non-hydrogen) atoms. The van der Waals surface area contributed by atoms with Crippen LogP contribution < -0.4 is 5.32 Å². The summed E-state index contributed by atoms with van der Waals surface area (Å²) < 4.78 is 5.10. The third-order valence-electron chi connectivity index (χ3n) is 4.37. The first kappa shape index (κ1) is 16.0. The zero-order valence-corrected chi connectivity index (χ0v) is 13.9. The smallest absolute Gasteiger partial charge is 0.223 e. The zero-order chi connectivity index (χ0) is 16.3. The average molecular weight is 334 g/mol. The van der Waals surface area contributed by atoms with E-state index in [0.717, 1.165) is 31.2 Å². The molecule has 1 amide bonds. The Morgan fingerprint density at radius 3 is 2.74 bits per heavy atom. The quantitative estimate of drug-likeness (QED) is 0.908. The van der Waals surface area contributed by atoms with Crippen molar-refractivity contribution in [3.8, 4) is 0 Å². The molecule has 3 rings (SSSR count). The Bertz CT molecular complexity index is 693. The van der Waals surface area contributed by atoms with Gasteiger partial charge in [-0.1, -0.05) is 47.8 Å². The Morgan fingerprint density at radius 1 is 1.35 bits per heavy atom. The minimum absolute atomic E-state index is 0.00530. The highest BCUT2D eigenvalue weighted by Crippen LogP contribution is 2.37.